The van der Waals surface area contributed by atoms with Crippen molar-refractivity contribution in [2.45, 2.75) is 36.0 Å². The molecule has 1 aromatic carbocycles. The van der Waals surface area contributed by atoms with Crippen molar-refractivity contribution >= 4 is 40.9 Å². The second kappa shape index (κ2) is 6.75. The van der Waals surface area contributed by atoms with E-state index < -0.39 is 5.25 Å². The molecule has 1 aliphatic carbocycles. The summed E-state index contributed by atoms with van der Waals surface area (Å²) in [4.78, 5) is 31.0. The van der Waals surface area contributed by atoms with Gasteiger partial charge >= 0.3 is 0 Å². The maximum Gasteiger partial charge on any atom is 0.247 e. The third-order valence-corrected chi connectivity index (χ3v) is 6.02. The number of benzene rings is 1. The van der Waals surface area contributed by atoms with Gasteiger partial charge in [0.05, 0.1) is 16.5 Å². The average molecular weight is 384 g/mol. The van der Waals surface area contributed by atoms with Gasteiger partial charge in [0, 0.05) is 17.1 Å². The highest BCUT2D eigenvalue weighted by molar-refractivity contribution is 8.00. The van der Waals surface area contributed by atoms with Gasteiger partial charge in [0.25, 0.3) is 0 Å². The van der Waals surface area contributed by atoms with Crippen LogP contribution < -0.4 is 4.90 Å². The maximum atomic E-state index is 12.8. The summed E-state index contributed by atoms with van der Waals surface area (Å²) in [6, 6.07) is 10.6. The molecule has 5 nitrogen and oxygen atoms in total. The first-order valence-corrected chi connectivity index (χ1v) is 9.54. The molecule has 26 heavy (non-hydrogen) atoms. The zero-order valence-electron chi connectivity index (χ0n) is 13.7. The summed E-state index contributed by atoms with van der Waals surface area (Å²) < 4.78 is 0. The number of thioether (sulfide) groups is 1. The molecule has 2 aromatic rings. The van der Waals surface area contributed by atoms with Crippen molar-refractivity contribution in [2.24, 2.45) is 0 Å². The maximum absolute atomic E-state index is 12.8. The molecule has 0 unspecified atom stereocenters. The summed E-state index contributed by atoms with van der Waals surface area (Å²) in [5, 5.41) is 9.93. The molecular weight excluding hydrogens is 370 g/mol. The van der Waals surface area contributed by atoms with E-state index in [2.05, 4.69) is 11.1 Å². The van der Waals surface area contributed by atoms with Crippen LogP contribution in [0.15, 0.2) is 35.4 Å². The van der Waals surface area contributed by atoms with Crippen molar-refractivity contribution in [3.05, 3.63) is 52.2 Å². The Kier molecular flexibility index (Phi) is 4.43. The highest BCUT2D eigenvalue weighted by atomic mass is 35.5. The number of halogens is 1. The van der Waals surface area contributed by atoms with Crippen molar-refractivity contribution in [3.8, 4) is 6.07 Å². The molecule has 1 aliphatic heterocycles. The fraction of sp³-hybridized carbons (Fsp3) is 0.263. The molecule has 0 spiro atoms. The van der Waals surface area contributed by atoms with Gasteiger partial charge in [0.1, 0.15) is 11.1 Å². The largest absolute Gasteiger partial charge is 0.274 e. The number of pyridine rings is 1. The normalized spacial score (nSPS) is 18.9. The number of rotatable bonds is 3. The van der Waals surface area contributed by atoms with Crippen LogP contribution in [0.3, 0.4) is 0 Å². The Morgan fingerprint density at radius 3 is 2.73 bits per heavy atom. The number of aromatic nitrogens is 1. The van der Waals surface area contributed by atoms with E-state index in [0.717, 1.165) is 30.5 Å². The lowest BCUT2D eigenvalue weighted by molar-refractivity contribution is -0.121. The summed E-state index contributed by atoms with van der Waals surface area (Å²) in [6.45, 7) is 0. The standard InChI is InChI=1S/C19H14ClN3O2S/c20-13-4-6-14(7-5-13)23-17(24)9-16(19(23)25)26-18-12(10-21)8-11-2-1-3-15(11)22-18/h4-8,16H,1-3,9H2/t16-/m0/s1. The lowest BCUT2D eigenvalue weighted by Gasteiger charge is -2.15. The van der Waals surface area contributed by atoms with Gasteiger partial charge in [-0.1, -0.05) is 23.4 Å². The molecule has 0 saturated carbocycles. The molecule has 4 rings (SSSR count). The molecule has 2 heterocycles. The van der Waals surface area contributed by atoms with Crippen LogP contribution >= 0.6 is 23.4 Å². The lowest BCUT2D eigenvalue weighted by atomic mass is 10.2. The predicted octanol–water partition coefficient (Wildman–Crippen LogP) is 3.52. The van der Waals surface area contributed by atoms with Crippen LogP contribution in [0.1, 0.15) is 29.7 Å². The highest BCUT2D eigenvalue weighted by Crippen LogP contribution is 2.36. The number of anilines is 1. The van der Waals surface area contributed by atoms with Crippen LogP contribution in [0.25, 0.3) is 0 Å². The van der Waals surface area contributed by atoms with Crippen molar-refractivity contribution in [3.63, 3.8) is 0 Å². The molecule has 2 aliphatic rings. The average Bonchev–Trinajstić information content (AvgIpc) is 3.19. The minimum absolute atomic E-state index is 0.0930. The fourth-order valence-electron chi connectivity index (χ4n) is 3.32. The zero-order chi connectivity index (χ0) is 18.3. The molecule has 1 fully saturated rings. The van der Waals surface area contributed by atoms with E-state index in [9.17, 15) is 14.9 Å². The highest BCUT2D eigenvalue weighted by Gasteiger charge is 2.40. The Morgan fingerprint density at radius 1 is 1.23 bits per heavy atom. The SMILES string of the molecule is N#Cc1cc2c(nc1S[C@H]1CC(=O)N(c3ccc(Cl)cc3)C1=O)CCC2. The van der Waals surface area contributed by atoms with Gasteiger partial charge in [-0.3, -0.25) is 9.59 Å². The van der Waals surface area contributed by atoms with E-state index in [4.69, 9.17) is 11.6 Å². The van der Waals surface area contributed by atoms with Crippen LogP contribution in [0, 0.1) is 11.3 Å². The van der Waals surface area contributed by atoms with E-state index in [-0.39, 0.29) is 18.2 Å². The third-order valence-electron chi connectivity index (χ3n) is 4.58. The number of carbonyl (C=O) groups is 2. The molecule has 0 radical (unpaired) electrons. The summed E-state index contributed by atoms with van der Waals surface area (Å²) in [5.41, 5.74) is 3.09. The smallest absolute Gasteiger partial charge is 0.247 e. The van der Waals surface area contributed by atoms with Crippen molar-refractivity contribution in [1.29, 1.82) is 5.26 Å². The van der Waals surface area contributed by atoms with E-state index in [1.807, 2.05) is 6.07 Å². The molecule has 0 N–H and O–H groups in total. The Hall–Kier alpha value is -2.36. The predicted molar refractivity (Wildman–Crippen MR) is 99.2 cm³/mol. The first-order chi connectivity index (χ1) is 12.6. The Bertz CT molecular complexity index is 952. The third kappa shape index (κ3) is 2.98. The minimum Gasteiger partial charge on any atom is -0.274 e. The van der Waals surface area contributed by atoms with Crippen LogP contribution in [0.5, 0.6) is 0 Å². The summed E-state index contributed by atoms with van der Waals surface area (Å²) >= 11 is 7.09. The van der Waals surface area contributed by atoms with Gasteiger partial charge < -0.3 is 0 Å². The number of hydrogen-bond donors (Lipinski definition) is 0. The van der Waals surface area contributed by atoms with E-state index >= 15 is 0 Å². The topological polar surface area (TPSA) is 74.1 Å². The Labute approximate surface area is 160 Å². The second-order valence-electron chi connectivity index (χ2n) is 6.27. The first-order valence-electron chi connectivity index (χ1n) is 8.28. The van der Waals surface area contributed by atoms with Crippen LogP contribution in [-0.4, -0.2) is 22.0 Å². The number of aryl methyl sites for hydroxylation is 2. The van der Waals surface area contributed by atoms with Crippen LogP contribution in [0.4, 0.5) is 5.69 Å². The minimum atomic E-state index is -0.572. The number of fused-ring (bicyclic) bond motifs is 1. The molecule has 1 atom stereocenters. The van der Waals surface area contributed by atoms with Gasteiger partial charge in [0.2, 0.25) is 11.8 Å². The van der Waals surface area contributed by atoms with Gasteiger partial charge in [-0.2, -0.15) is 5.26 Å². The van der Waals surface area contributed by atoms with Crippen LogP contribution in [0.2, 0.25) is 5.02 Å². The van der Waals surface area contributed by atoms with Gasteiger partial charge in [-0.25, -0.2) is 9.88 Å². The summed E-state index contributed by atoms with van der Waals surface area (Å²) in [6.07, 6.45) is 2.96. The molecule has 130 valence electrons. The summed E-state index contributed by atoms with van der Waals surface area (Å²) in [5.74, 6) is -0.539. The second-order valence-corrected chi connectivity index (χ2v) is 7.89. The quantitative estimate of drug-likeness (QED) is 0.758. The lowest BCUT2D eigenvalue weighted by Crippen LogP contribution is -2.31. The van der Waals surface area contributed by atoms with Gasteiger partial charge in [0.15, 0.2) is 0 Å². The monoisotopic (exact) mass is 383 g/mol. The van der Waals surface area contributed by atoms with Gasteiger partial charge in [-0.05, 0) is 55.2 Å². The van der Waals surface area contributed by atoms with E-state index in [1.165, 1.54) is 16.7 Å². The fourth-order valence-corrected chi connectivity index (χ4v) is 4.54. The number of nitriles is 1. The molecule has 1 aromatic heterocycles. The number of imide groups is 1. The van der Waals surface area contributed by atoms with Crippen molar-refractivity contribution in [2.75, 3.05) is 4.90 Å². The van der Waals surface area contributed by atoms with E-state index in [0.29, 0.717) is 21.3 Å². The Morgan fingerprint density at radius 2 is 2.00 bits per heavy atom. The number of nitrogens with zero attached hydrogens (tertiary/aromatic N) is 3. The number of amides is 2. The van der Waals surface area contributed by atoms with E-state index in [1.54, 1.807) is 24.3 Å². The number of carbonyl (C=O) groups excluding carboxylic acids is 2. The Balaban J connectivity index is 1.60. The summed E-state index contributed by atoms with van der Waals surface area (Å²) in [7, 11) is 0. The number of hydrogen-bond acceptors (Lipinski definition) is 5. The zero-order valence-corrected chi connectivity index (χ0v) is 15.3. The molecule has 7 heteroatoms. The molecule has 2 amide bonds. The van der Waals surface area contributed by atoms with Gasteiger partial charge in [-0.15, -0.1) is 0 Å². The first kappa shape index (κ1) is 17.1. The molecule has 0 bridgehead atoms. The van der Waals surface area contributed by atoms with Crippen LogP contribution in [-0.2, 0) is 22.4 Å². The van der Waals surface area contributed by atoms with Crippen molar-refractivity contribution < 1.29 is 9.59 Å². The molecule has 1 saturated heterocycles. The molecular formula is C19H14ClN3O2S. The van der Waals surface area contributed by atoms with Crippen molar-refractivity contribution in [1.82, 2.24) is 4.98 Å².